The number of hydrogen-bond acceptors (Lipinski definition) is 3. The van der Waals surface area contributed by atoms with Gasteiger partial charge in [0.1, 0.15) is 5.75 Å². The van der Waals surface area contributed by atoms with Gasteiger partial charge in [-0.2, -0.15) is 5.26 Å². The third-order valence-electron chi connectivity index (χ3n) is 5.83. The number of hydrogen-bond donors (Lipinski definition) is 0. The Morgan fingerprint density at radius 3 is 2.35 bits per heavy atom. The average Bonchev–Trinajstić information content (AvgIpc) is 2.96. The highest BCUT2D eigenvalue weighted by molar-refractivity contribution is 5.97. The molecular formula is C22H22N2O2. The molecule has 26 heavy (non-hydrogen) atoms. The van der Waals surface area contributed by atoms with E-state index in [0.717, 1.165) is 31.4 Å². The maximum Gasteiger partial charge on any atom is 0.255 e. The van der Waals surface area contributed by atoms with E-state index in [4.69, 9.17) is 4.74 Å². The summed E-state index contributed by atoms with van der Waals surface area (Å²) in [6.45, 7) is 0. The molecule has 4 rings (SSSR count). The fraction of sp³-hybridized carbons (Fsp3) is 0.364. The third kappa shape index (κ3) is 2.84. The van der Waals surface area contributed by atoms with E-state index in [2.05, 4.69) is 23.1 Å². The first-order chi connectivity index (χ1) is 12.7. The number of nitrogens with zero attached hydrogens (tertiary/aromatic N) is 2. The number of fused-ring (bicyclic) bond motifs is 2. The van der Waals surface area contributed by atoms with Crippen LogP contribution >= 0.6 is 0 Å². The van der Waals surface area contributed by atoms with Crippen LogP contribution in [0.1, 0.15) is 53.1 Å². The molecule has 2 saturated heterocycles. The highest BCUT2D eigenvalue weighted by Gasteiger charge is 2.44. The quantitative estimate of drug-likeness (QED) is 0.840. The summed E-state index contributed by atoms with van der Waals surface area (Å²) < 4.78 is 5.25. The van der Waals surface area contributed by atoms with Crippen LogP contribution in [0.15, 0.2) is 48.5 Å². The molecule has 1 unspecified atom stereocenters. The molecule has 0 saturated carbocycles. The van der Waals surface area contributed by atoms with Crippen molar-refractivity contribution < 1.29 is 9.53 Å². The summed E-state index contributed by atoms with van der Waals surface area (Å²) in [5.74, 6) is 1.37. The molecular weight excluding hydrogens is 324 g/mol. The molecule has 0 aromatic heterocycles. The van der Waals surface area contributed by atoms with E-state index < -0.39 is 0 Å². The molecule has 3 atom stereocenters. The van der Waals surface area contributed by atoms with Crippen LogP contribution in [0.25, 0.3) is 0 Å². The molecule has 2 fully saturated rings. The predicted molar refractivity (Wildman–Crippen MR) is 99.1 cm³/mol. The van der Waals surface area contributed by atoms with Crippen molar-refractivity contribution in [3.05, 3.63) is 65.2 Å². The molecule has 4 nitrogen and oxygen atoms in total. The number of rotatable bonds is 3. The van der Waals surface area contributed by atoms with Gasteiger partial charge in [-0.25, -0.2) is 0 Å². The Morgan fingerprint density at radius 2 is 1.73 bits per heavy atom. The van der Waals surface area contributed by atoms with Gasteiger partial charge in [-0.05, 0) is 61.4 Å². The summed E-state index contributed by atoms with van der Waals surface area (Å²) in [6.07, 6.45) is 4.09. The molecule has 2 aromatic rings. The minimum atomic E-state index is 0.0165. The summed E-state index contributed by atoms with van der Waals surface area (Å²) in [5, 5.41) is 9.32. The van der Waals surface area contributed by atoms with Gasteiger partial charge in [0.2, 0.25) is 0 Å². The zero-order valence-electron chi connectivity index (χ0n) is 14.9. The van der Waals surface area contributed by atoms with Gasteiger partial charge in [0, 0.05) is 12.1 Å². The number of methoxy groups -OCH3 is 1. The average molecular weight is 346 g/mol. The zero-order valence-corrected chi connectivity index (χ0v) is 14.9. The van der Waals surface area contributed by atoms with E-state index in [9.17, 15) is 10.1 Å². The van der Waals surface area contributed by atoms with Crippen molar-refractivity contribution in [3.8, 4) is 11.8 Å². The van der Waals surface area contributed by atoms with Gasteiger partial charge in [0.15, 0.2) is 0 Å². The van der Waals surface area contributed by atoms with E-state index in [1.807, 2.05) is 18.2 Å². The van der Waals surface area contributed by atoms with Crippen molar-refractivity contribution in [1.29, 1.82) is 5.26 Å². The molecule has 132 valence electrons. The Bertz CT molecular complexity index is 839. The van der Waals surface area contributed by atoms with Gasteiger partial charge >= 0.3 is 0 Å². The minimum Gasteiger partial charge on any atom is -0.497 e. The first-order valence-corrected chi connectivity index (χ1v) is 9.17. The topological polar surface area (TPSA) is 53.3 Å². The number of benzene rings is 2. The van der Waals surface area contributed by atoms with Crippen LogP contribution in [-0.4, -0.2) is 30.0 Å². The molecule has 2 bridgehead atoms. The fourth-order valence-electron chi connectivity index (χ4n) is 4.56. The van der Waals surface area contributed by atoms with Gasteiger partial charge in [-0.15, -0.1) is 0 Å². The highest BCUT2D eigenvalue weighted by Crippen LogP contribution is 2.44. The SMILES string of the molecule is COc1ccc(C2C[C@H]3CC[C@@H](C2)N3C(=O)c2ccccc2C#N)cc1. The molecule has 0 spiro atoms. The number of nitriles is 1. The van der Waals surface area contributed by atoms with Crippen LogP contribution < -0.4 is 4.74 Å². The Morgan fingerprint density at radius 1 is 1.08 bits per heavy atom. The molecule has 0 N–H and O–H groups in total. The second kappa shape index (κ2) is 6.84. The summed E-state index contributed by atoms with van der Waals surface area (Å²) >= 11 is 0. The Balaban J connectivity index is 1.55. The van der Waals surface area contributed by atoms with Gasteiger partial charge < -0.3 is 9.64 Å². The van der Waals surface area contributed by atoms with Crippen LogP contribution in [0, 0.1) is 11.3 Å². The molecule has 4 heteroatoms. The summed E-state index contributed by atoms with van der Waals surface area (Å²) in [5.41, 5.74) is 2.33. The fourth-order valence-corrected chi connectivity index (χ4v) is 4.56. The smallest absolute Gasteiger partial charge is 0.255 e. The number of piperidine rings is 1. The molecule has 2 aliphatic heterocycles. The van der Waals surface area contributed by atoms with Gasteiger partial charge in [0.05, 0.1) is 24.3 Å². The van der Waals surface area contributed by atoms with Gasteiger partial charge in [-0.1, -0.05) is 24.3 Å². The van der Waals surface area contributed by atoms with E-state index >= 15 is 0 Å². The standard InChI is InChI=1S/C22H22N2O2/c1-26-20-10-6-15(7-11-20)17-12-18-8-9-19(13-17)24(18)22(25)21-5-3-2-4-16(21)14-23/h2-7,10-11,17-19H,8-9,12-13H2,1H3/t17?,18-,19+. The van der Waals surface area contributed by atoms with Crippen molar-refractivity contribution in [1.82, 2.24) is 4.90 Å². The maximum absolute atomic E-state index is 13.1. The lowest BCUT2D eigenvalue weighted by atomic mass is 9.84. The van der Waals surface area contributed by atoms with E-state index in [1.54, 1.807) is 25.3 Å². The lowest BCUT2D eigenvalue weighted by Gasteiger charge is -2.39. The van der Waals surface area contributed by atoms with E-state index in [0.29, 0.717) is 17.0 Å². The normalized spacial score (nSPS) is 24.2. The first kappa shape index (κ1) is 16.7. The Labute approximate surface area is 154 Å². The van der Waals surface area contributed by atoms with Crippen LogP contribution in [0.5, 0.6) is 5.75 Å². The molecule has 0 aliphatic carbocycles. The summed E-state index contributed by atoms with van der Waals surface area (Å²) in [4.78, 5) is 15.2. The lowest BCUT2D eigenvalue weighted by molar-refractivity contribution is 0.0571. The molecule has 2 aliphatic rings. The number of ether oxygens (including phenoxy) is 1. The zero-order chi connectivity index (χ0) is 18.1. The predicted octanol–water partition coefficient (Wildman–Crippen LogP) is 4.12. The molecule has 2 heterocycles. The highest BCUT2D eigenvalue weighted by atomic mass is 16.5. The van der Waals surface area contributed by atoms with Crippen molar-refractivity contribution in [2.24, 2.45) is 0 Å². The minimum absolute atomic E-state index is 0.0165. The Kier molecular flexibility index (Phi) is 4.38. The van der Waals surface area contributed by atoms with E-state index in [-0.39, 0.29) is 18.0 Å². The third-order valence-corrected chi connectivity index (χ3v) is 5.83. The number of carbonyl (C=O) groups is 1. The molecule has 2 aromatic carbocycles. The van der Waals surface area contributed by atoms with Crippen LogP contribution in [0.2, 0.25) is 0 Å². The lowest BCUT2D eigenvalue weighted by Crippen LogP contribution is -2.46. The maximum atomic E-state index is 13.1. The van der Waals surface area contributed by atoms with Gasteiger partial charge in [-0.3, -0.25) is 4.79 Å². The first-order valence-electron chi connectivity index (χ1n) is 9.17. The van der Waals surface area contributed by atoms with Crippen molar-refractivity contribution in [3.63, 3.8) is 0 Å². The monoisotopic (exact) mass is 346 g/mol. The number of amides is 1. The van der Waals surface area contributed by atoms with Crippen LogP contribution in [0.3, 0.4) is 0 Å². The van der Waals surface area contributed by atoms with Crippen molar-refractivity contribution >= 4 is 5.91 Å². The summed E-state index contributed by atoms with van der Waals surface area (Å²) in [7, 11) is 1.68. The molecule has 0 radical (unpaired) electrons. The Hall–Kier alpha value is -2.80. The largest absolute Gasteiger partial charge is 0.497 e. The van der Waals surface area contributed by atoms with E-state index in [1.165, 1.54) is 5.56 Å². The second-order valence-corrected chi connectivity index (χ2v) is 7.20. The van der Waals surface area contributed by atoms with Crippen molar-refractivity contribution in [2.75, 3.05) is 7.11 Å². The summed E-state index contributed by atoms with van der Waals surface area (Å²) in [6, 6.07) is 18.1. The van der Waals surface area contributed by atoms with Crippen molar-refractivity contribution in [2.45, 2.75) is 43.7 Å². The molecule has 1 amide bonds. The number of carbonyl (C=O) groups excluding carboxylic acids is 1. The van der Waals surface area contributed by atoms with Crippen LogP contribution in [-0.2, 0) is 0 Å². The second-order valence-electron chi connectivity index (χ2n) is 7.20. The van der Waals surface area contributed by atoms with Crippen LogP contribution in [0.4, 0.5) is 0 Å². The van der Waals surface area contributed by atoms with Gasteiger partial charge in [0.25, 0.3) is 5.91 Å².